The fourth-order valence-electron chi connectivity index (χ4n) is 2.26. The number of hydrogen-bond acceptors (Lipinski definition) is 4. The van der Waals surface area contributed by atoms with Crippen LogP contribution in [0.3, 0.4) is 0 Å². The van der Waals surface area contributed by atoms with E-state index in [0.717, 1.165) is 34.9 Å². The zero-order chi connectivity index (χ0) is 13.2. The van der Waals surface area contributed by atoms with Gasteiger partial charge in [0.05, 0.1) is 5.69 Å². The molecule has 0 fully saturated rings. The maximum atomic E-state index is 11.5. The second-order valence-corrected chi connectivity index (χ2v) is 5.42. The molecule has 1 aromatic heterocycles. The molecule has 1 aliphatic rings. The number of carbonyl (C=O) groups excluding carboxylic acids is 1. The number of rotatable bonds is 2. The minimum absolute atomic E-state index is 0.109. The quantitative estimate of drug-likeness (QED) is 0.884. The van der Waals surface area contributed by atoms with Crippen molar-refractivity contribution in [3.05, 3.63) is 29.1 Å². The molecule has 1 amide bonds. The number of carbonyl (C=O) groups is 1. The number of aryl methyl sites for hydroxylation is 1. The first kappa shape index (κ1) is 12.2. The van der Waals surface area contributed by atoms with Gasteiger partial charge in [0.2, 0.25) is 5.91 Å². The van der Waals surface area contributed by atoms with E-state index in [9.17, 15) is 4.79 Å². The van der Waals surface area contributed by atoms with Gasteiger partial charge < -0.3 is 10.6 Å². The monoisotopic (exact) mass is 273 g/mol. The van der Waals surface area contributed by atoms with Gasteiger partial charge in [-0.1, -0.05) is 6.07 Å². The van der Waals surface area contributed by atoms with Crippen molar-refractivity contribution >= 4 is 28.1 Å². The second kappa shape index (κ2) is 5.01. The molecule has 0 saturated carbocycles. The Morgan fingerprint density at radius 3 is 3.05 bits per heavy atom. The Morgan fingerprint density at radius 2 is 2.26 bits per heavy atom. The number of amides is 1. The summed E-state index contributed by atoms with van der Waals surface area (Å²) < 4.78 is 0. The first-order valence-corrected chi connectivity index (χ1v) is 7.20. The predicted molar refractivity (Wildman–Crippen MR) is 78.7 cm³/mol. The minimum Gasteiger partial charge on any atom is -0.365 e. The van der Waals surface area contributed by atoms with Crippen molar-refractivity contribution in [3.8, 4) is 11.3 Å². The van der Waals surface area contributed by atoms with Crippen LogP contribution in [0, 0.1) is 0 Å². The van der Waals surface area contributed by atoms with Gasteiger partial charge in [0, 0.05) is 30.1 Å². The molecule has 1 aromatic carbocycles. The Kier molecular flexibility index (Phi) is 3.21. The zero-order valence-corrected chi connectivity index (χ0v) is 11.5. The molecule has 0 radical (unpaired) electrons. The molecule has 0 saturated heterocycles. The lowest BCUT2D eigenvalue weighted by atomic mass is 10.0. The summed E-state index contributed by atoms with van der Waals surface area (Å²) in [7, 11) is 1.87. The molecule has 3 rings (SSSR count). The van der Waals surface area contributed by atoms with Crippen LogP contribution in [0.15, 0.2) is 23.6 Å². The Morgan fingerprint density at radius 1 is 1.37 bits per heavy atom. The van der Waals surface area contributed by atoms with Gasteiger partial charge in [-0.15, -0.1) is 11.3 Å². The van der Waals surface area contributed by atoms with Gasteiger partial charge >= 0.3 is 0 Å². The number of benzene rings is 1. The molecule has 0 aliphatic carbocycles. The van der Waals surface area contributed by atoms with Crippen LogP contribution in [-0.4, -0.2) is 17.9 Å². The number of nitrogens with zero attached hydrogens (tertiary/aromatic N) is 1. The molecule has 19 heavy (non-hydrogen) atoms. The standard InChI is InChI=1S/C14H15N3OS/c1-15-14-17-12(8-19-14)10-5-6-11-9(7-10)3-2-4-13(18)16-11/h5-8H,2-4H2,1H3,(H,15,17)(H,16,18). The molecule has 2 heterocycles. The van der Waals surface area contributed by atoms with Crippen LogP contribution in [0.25, 0.3) is 11.3 Å². The smallest absolute Gasteiger partial charge is 0.224 e. The molecule has 4 nitrogen and oxygen atoms in total. The highest BCUT2D eigenvalue weighted by molar-refractivity contribution is 7.14. The molecule has 0 bridgehead atoms. The van der Waals surface area contributed by atoms with Crippen molar-refractivity contribution in [1.29, 1.82) is 0 Å². The maximum absolute atomic E-state index is 11.5. The largest absolute Gasteiger partial charge is 0.365 e. The number of anilines is 2. The van der Waals surface area contributed by atoms with Crippen molar-refractivity contribution in [3.63, 3.8) is 0 Å². The van der Waals surface area contributed by atoms with E-state index in [4.69, 9.17) is 0 Å². The first-order chi connectivity index (χ1) is 9.26. The third-order valence-electron chi connectivity index (χ3n) is 3.24. The Bertz CT molecular complexity index is 621. The third kappa shape index (κ3) is 2.46. The minimum atomic E-state index is 0.109. The summed E-state index contributed by atoms with van der Waals surface area (Å²) in [6.45, 7) is 0. The SMILES string of the molecule is CNc1nc(-c2ccc3c(c2)CCCC(=O)N3)cs1. The van der Waals surface area contributed by atoms with E-state index >= 15 is 0 Å². The van der Waals surface area contributed by atoms with Crippen molar-refractivity contribution in [2.75, 3.05) is 17.7 Å². The predicted octanol–water partition coefficient (Wildman–Crippen LogP) is 3.13. The van der Waals surface area contributed by atoms with Crippen LogP contribution < -0.4 is 10.6 Å². The van der Waals surface area contributed by atoms with Gasteiger partial charge in [-0.2, -0.15) is 0 Å². The van der Waals surface area contributed by atoms with E-state index in [1.54, 1.807) is 11.3 Å². The van der Waals surface area contributed by atoms with Crippen LogP contribution >= 0.6 is 11.3 Å². The van der Waals surface area contributed by atoms with E-state index in [0.29, 0.717) is 6.42 Å². The lowest BCUT2D eigenvalue weighted by Crippen LogP contribution is -2.09. The summed E-state index contributed by atoms with van der Waals surface area (Å²) in [5.41, 5.74) is 4.22. The number of thiazole rings is 1. The van der Waals surface area contributed by atoms with Crippen LogP contribution in [0.2, 0.25) is 0 Å². The van der Waals surface area contributed by atoms with Crippen molar-refractivity contribution < 1.29 is 4.79 Å². The van der Waals surface area contributed by atoms with Gasteiger partial charge in [0.25, 0.3) is 0 Å². The summed E-state index contributed by atoms with van der Waals surface area (Å²) >= 11 is 1.59. The van der Waals surface area contributed by atoms with E-state index in [2.05, 4.69) is 21.7 Å². The molecule has 5 heteroatoms. The molecule has 2 aromatic rings. The lowest BCUT2D eigenvalue weighted by Gasteiger charge is -2.08. The summed E-state index contributed by atoms with van der Waals surface area (Å²) in [4.78, 5) is 16.0. The normalized spacial score (nSPS) is 14.5. The topological polar surface area (TPSA) is 54.0 Å². The average molecular weight is 273 g/mol. The molecule has 98 valence electrons. The van der Waals surface area contributed by atoms with E-state index in [1.165, 1.54) is 5.56 Å². The highest BCUT2D eigenvalue weighted by Gasteiger charge is 2.14. The van der Waals surface area contributed by atoms with Gasteiger partial charge in [0.1, 0.15) is 0 Å². The fraction of sp³-hybridized carbons (Fsp3) is 0.286. The number of aromatic nitrogens is 1. The Balaban J connectivity index is 1.96. The lowest BCUT2D eigenvalue weighted by molar-refractivity contribution is -0.116. The summed E-state index contributed by atoms with van der Waals surface area (Å²) in [6.07, 6.45) is 2.44. The summed E-state index contributed by atoms with van der Waals surface area (Å²) in [5.74, 6) is 0.109. The van der Waals surface area contributed by atoms with Crippen LogP contribution in [-0.2, 0) is 11.2 Å². The third-order valence-corrected chi connectivity index (χ3v) is 4.10. The molecule has 2 N–H and O–H groups in total. The highest BCUT2D eigenvalue weighted by Crippen LogP contribution is 2.30. The van der Waals surface area contributed by atoms with Gasteiger partial charge in [0.15, 0.2) is 5.13 Å². The summed E-state index contributed by atoms with van der Waals surface area (Å²) in [5, 5.41) is 8.95. The molecular weight excluding hydrogens is 258 g/mol. The Hall–Kier alpha value is -1.88. The Labute approximate surface area is 115 Å². The van der Waals surface area contributed by atoms with Crippen LogP contribution in [0.5, 0.6) is 0 Å². The van der Waals surface area contributed by atoms with Crippen molar-refractivity contribution in [1.82, 2.24) is 4.98 Å². The molecular formula is C14H15N3OS. The number of hydrogen-bond donors (Lipinski definition) is 2. The van der Waals surface area contributed by atoms with Gasteiger partial charge in [-0.25, -0.2) is 4.98 Å². The molecule has 0 spiro atoms. The van der Waals surface area contributed by atoms with Gasteiger partial charge in [-0.3, -0.25) is 4.79 Å². The van der Waals surface area contributed by atoms with E-state index in [-0.39, 0.29) is 5.91 Å². The van der Waals surface area contributed by atoms with E-state index < -0.39 is 0 Å². The summed E-state index contributed by atoms with van der Waals surface area (Å²) in [6, 6.07) is 6.13. The van der Waals surface area contributed by atoms with Crippen molar-refractivity contribution in [2.45, 2.75) is 19.3 Å². The zero-order valence-electron chi connectivity index (χ0n) is 10.7. The highest BCUT2D eigenvalue weighted by atomic mass is 32.1. The van der Waals surface area contributed by atoms with Crippen LogP contribution in [0.1, 0.15) is 18.4 Å². The number of nitrogens with one attached hydrogen (secondary N) is 2. The van der Waals surface area contributed by atoms with Crippen LogP contribution in [0.4, 0.5) is 10.8 Å². The van der Waals surface area contributed by atoms with Gasteiger partial charge in [-0.05, 0) is 30.5 Å². The molecule has 0 unspecified atom stereocenters. The van der Waals surface area contributed by atoms with Crippen molar-refractivity contribution in [2.24, 2.45) is 0 Å². The number of fused-ring (bicyclic) bond motifs is 1. The maximum Gasteiger partial charge on any atom is 0.224 e. The van der Waals surface area contributed by atoms with E-state index in [1.807, 2.05) is 24.6 Å². The molecule has 1 aliphatic heterocycles. The first-order valence-electron chi connectivity index (χ1n) is 6.32. The average Bonchev–Trinajstić information content (AvgIpc) is 2.81. The fourth-order valence-corrected chi connectivity index (χ4v) is 2.94. The molecule has 0 atom stereocenters. The second-order valence-electron chi connectivity index (χ2n) is 4.56.